The lowest BCUT2D eigenvalue weighted by molar-refractivity contribution is -0.0420. The van der Waals surface area contributed by atoms with Crippen molar-refractivity contribution in [2.75, 3.05) is 25.5 Å². The number of hydrogen-bond acceptors (Lipinski definition) is 2. The van der Waals surface area contributed by atoms with E-state index in [-0.39, 0.29) is 6.54 Å². The minimum atomic E-state index is -2.65. The first-order valence-electron chi connectivity index (χ1n) is 5.50. The third-order valence-corrected chi connectivity index (χ3v) is 3.06. The van der Waals surface area contributed by atoms with Gasteiger partial charge in [-0.2, -0.15) is 0 Å². The van der Waals surface area contributed by atoms with Gasteiger partial charge in [-0.1, -0.05) is 12.1 Å². The van der Waals surface area contributed by atoms with E-state index in [0.717, 1.165) is 11.3 Å². The molecule has 0 aromatic heterocycles. The second-order valence-corrected chi connectivity index (χ2v) is 4.15. The number of anilines is 1. The fourth-order valence-electron chi connectivity index (χ4n) is 2.16. The van der Waals surface area contributed by atoms with Crippen LogP contribution in [0.3, 0.4) is 0 Å². The normalized spacial score (nSPS) is 24.1. The summed E-state index contributed by atoms with van der Waals surface area (Å²) in [5.74, 6) is -3.31. The quantitative estimate of drug-likeness (QED) is 0.809. The van der Waals surface area contributed by atoms with Crippen LogP contribution in [-0.2, 0) is 0 Å². The lowest BCUT2D eigenvalue weighted by atomic mass is 9.87. The smallest absolute Gasteiger partial charge is 0.267 e. The maximum atomic E-state index is 13.7. The number of benzene rings is 1. The van der Waals surface area contributed by atoms with Gasteiger partial charge in [0.1, 0.15) is 0 Å². The summed E-state index contributed by atoms with van der Waals surface area (Å²) in [5.41, 5.74) is 1.60. The number of alkyl halides is 2. The highest BCUT2D eigenvalue weighted by atomic mass is 19.3. The minimum Gasteiger partial charge on any atom is -0.388 e. The Morgan fingerprint density at radius 3 is 2.94 bits per heavy atom. The first-order chi connectivity index (χ1) is 7.63. The molecule has 0 saturated carbocycles. The fraction of sp³-hybridized carbons (Fsp3) is 0.500. The zero-order valence-corrected chi connectivity index (χ0v) is 9.26. The monoisotopic (exact) mass is 226 g/mol. The van der Waals surface area contributed by atoms with Gasteiger partial charge in [-0.05, 0) is 30.7 Å². The van der Waals surface area contributed by atoms with Crippen LogP contribution in [-0.4, -0.2) is 26.1 Å². The molecule has 1 fully saturated rings. The Morgan fingerprint density at radius 2 is 2.25 bits per heavy atom. The average Bonchev–Trinajstić information content (AvgIpc) is 2.28. The third kappa shape index (κ3) is 2.16. The third-order valence-electron chi connectivity index (χ3n) is 3.06. The van der Waals surface area contributed by atoms with Gasteiger partial charge < -0.3 is 10.6 Å². The Balaban J connectivity index is 2.27. The van der Waals surface area contributed by atoms with Crippen LogP contribution >= 0.6 is 0 Å². The fourth-order valence-corrected chi connectivity index (χ4v) is 2.16. The maximum absolute atomic E-state index is 13.7. The molecule has 1 aromatic carbocycles. The molecule has 1 saturated heterocycles. The van der Waals surface area contributed by atoms with Crippen LogP contribution in [0.1, 0.15) is 17.9 Å². The number of nitrogens with one attached hydrogen (secondary N) is 2. The Morgan fingerprint density at radius 1 is 1.44 bits per heavy atom. The molecule has 0 bridgehead atoms. The van der Waals surface area contributed by atoms with Crippen LogP contribution in [0.4, 0.5) is 14.5 Å². The van der Waals surface area contributed by atoms with Crippen molar-refractivity contribution in [2.24, 2.45) is 0 Å². The van der Waals surface area contributed by atoms with Crippen molar-refractivity contribution in [3.05, 3.63) is 29.8 Å². The summed E-state index contributed by atoms with van der Waals surface area (Å²) in [7, 11) is 1.79. The first kappa shape index (κ1) is 11.3. The summed E-state index contributed by atoms with van der Waals surface area (Å²) in [5, 5.41) is 5.71. The van der Waals surface area contributed by atoms with Gasteiger partial charge in [0.15, 0.2) is 0 Å². The highest BCUT2D eigenvalue weighted by molar-refractivity contribution is 5.46. The van der Waals surface area contributed by atoms with Gasteiger partial charge in [0, 0.05) is 12.7 Å². The number of rotatable bonds is 2. The van der Waals surface area contributed by atoms with E-state index < -0.39 is 11.8 Å². The highest BCUT2D eigenvalue weighted by Crippen LogP contribution is 2.38. The summed E-state index contributed by atoms with van der Waals surface area (Å²) in [6.45, 7) is 0.436. The van der Waals surface area contributed by atoms with E-state index in [1.807, 2.05) is 18.2 Å². The largest absolute Gasteiger partial charge is 0.388 e. The standard InChI is InChI=1S/C12H16F2N2/c1-15-10-4-2-3-9(7-10)11-5-6-16-8-12(11,13)14/h2-4,7,11,15-16H,5-6,8H2,1H3/t11-/m0/s1. The van der Waals surface area contributed by atoms with Gasteiger partial charge in [-0.25, -0.2) is 8.78 Å². The van der Waals surface area contributed by atoms with Crippen molar-refractivity contribution < 1.29 is 8.78 Å². The van der Waals surface area contributed by atoms with E-state index in [4.69, 9.17) is 0 Å². The van der Waals surface area contributed by atoms with Crippen molar-refractivity contribution in [1.29, 1.82) is 0 Å². The molecule has 1 aliphatic rings. The molecule has 88 valence electrons. The maximum Gasteiger partial charge on any atom is 0.267 e. The predicted octanol–water partition coefficient (Wildman–Crippen LogP) is 2.44. The lowest BCUT2D eigenvalue weighted by Crippen LogP contribution is -2.44. The Bertz CT molecular complexity index is 366. The summed E-state index contributed by atoms with van der Waals surface area (Å²) in [6.07, 6.45) is 0.486. The number of hydrogen-bond donors (Lipinski definition) is 2. The van der Waals surface area contributed by atoms with Crippen LogP contribution in [0.2, 0.25) is 0 Å². The van der Waals surface area contributed by atoms with Gasteiger partial charge >= 0.3 is 0 Å². The molecule has 1 aliphatic heterocycles. The molecule has 1 aromatic rings. The molecule has 2 rings (SSSR count). The molecule has 2 N–H and O–H groups in total. The van der Waals surface area contributed by atoms with Crippen LogP contribution in [0.25, 0.3) is 0 Å². The summed E-state index contributed by atoms with van der Waals surface area (Å²) < 4.78 is 27.4. The second-order valence-electron chi connectivity index (χ2n) is 4.15. The molecule has 2 nitrogen and oxygen atoms in total. The molecular weight excluding hydrogens is 210 g/mol. The molecule has 16 heavy (non-hydrogen) atoms. The van der Waals surface area contributed by atoms with Gasteiger partial charge in [0.2, 0.25) is 0 Å². The average molecular weight is 226 g/mol. The van der Waals surface area contributed by atoms with Crippen molar-refractivity contribution in [2.45, 2.75) is 18.3 Å². The lowest BCUT2D eigenvalue weighted by Gasteiger charge is -2.32. The second kappa shape index (κ2) is 4.37. The van der Waals surface area contributed by atoms with Gasteiger partial charge in [0.25, 0.3) is 5.92 Å². The van der Waals surface area contributed by atoms with Crippen LogP contribution in [0.15, 0.2) is 24.3 Å². The summed E-state index contributed by atoms with van der Waals surface area (Å²) in [4.78, 5) is 0. The summed E-state index contributed by atoms with van der Waals surface area (Å²) >= 11 is 0. The van der Waals surface area contributed by atoms with Crippen LogP contribution in [0, 0.1) is 0 Å². The van der Waals surface area contributed by atoms with Crippen molar-refractivity contribution in [3.63, 3.8) is 0 Å². The van der Waals surface area contributed by atoms with E-state index in [1.165, 1.54) is 0 Å². The Hall–Kier alpha value is -1.16. The first-order valence-corrected chi connectivity index (χ1v) is 5.50. The van der Waals surface area contributed by atoms with E-state index in [0.29, 0.717) is 13.0 Å². The zero-order chi connectivity index (χ0) is 11.6. The predicted molar refractivity (Wildman–Crippen MR) is 61.2 cm³/mol. The van der Waals surface area contributed by atoms with Crippen LogP contribution < -0.4 is 10.6 Å². The molecule has 1 atom stereocenters. The highest BCUT2D eigenvalue weighted by Gasteiger charge is 2.42. The Labute approximate surface area is 94.0 Å². The van der Waals surface area contributed by atoms with Crippen LogP contribution in [0.5, 0.6) is 0 Å². The molecule has 0 spiro atoms. The molecule has 0 radical (unpaired) electrons. The Kier molecular flexibility index (Phi) is 3.10. The molecular formula is C12H16F2N2. The molecule has 0 amide bonds. The SMILES string of the molecule is CNc1cccc([C@@H]2CCNCC2(F)F)c1. The van der Waals surface area contributed by atoms with Gasteiger partial charge in [0.05, 0.1) is 12.5 Å². The van der Waals surface area contributed by atoms with Crippen molar-refractivity contribution in [3.8, 4) is 0 Å². The van der Waals surface area contributed by atoms with Gasteiger partial charge in [-0.3, -0.25) is 0 Å². The molecule has 0 unspecified atom stereocenters. The minimum absolute atomic E-state index is 0.221. The van der Waals surface area contributed by atoms with E-state index >= 15 is 0 Å². The van der Waals surface area contributed by atoms with E-state index in [1.54, 1.807) is 13.1 Å². The zero-order valence-electron chi connectivity index (χ0n) is 9.26. The molecule has 0 aliphatic carbocycles. The van der Waals surface area contributed by atoms with E-state index in [2.05, 4.69) is 10.6 Å². The molecule has 4 heteroatoms. The number of piperidine rings is 1. The van der Waals surface area contributed by atoms with Crippen molar-refractivity contribution in [1.82, 2.24) is 5.32 Å². The van der Waals surface area contributed by atoms with Crippen molar-refractivity contribution >= 4 is 5.69 Å². The van der Waals surface area contributed by atoms with Gasteiger partial charge in [-0.15, -0.1) is 0 Å². The molecule has 1 heterocycles. The number of halogens is 2. The topological polar surface area (TPSA) is 24.1 Å². The van der Waals surface area contributed by atoms with E-state index in [9.17, 15) is 8.78 Å². The summed E-state index contributed by atoms with van der Waals surface area (Å²) in [6, 6.07) is 7.29.